The molecule has 8 unspecified atom stereocenters. The van der Waals surface area contributed by atoms with Gasteiger partial charge in [0.15, 0.2) is 0 Å². The Balaban J connectivity index is 1.40. The van der Waals surface area contributed by atoms with Gasteiger partial charge in [-0.25, -0.2) is 0 Å². The number of hydrogen-bond acceptors (Lipinski definition) is 2. The Bertz CT molecular complexity index is 820. The van der Waals surface area contributed by atoms with Crippen LogP contribution in [0.25, 0.3) is 0 Å². The summed E-state index contributed by atoms with van der Waals surface area (Å²) in [6, 6.07) is 0. The molecule has 2 saturated carbocycles. The van der Waals surface area contributed by atoms with E-state index in [0.717, 1.165) is 32.1 Å². The summed E-state index contributed by atoms with van der Waals surface area (Å²) in [5.74, 6) is 3.67. The summed E-state index contributed by atoms with van der Waals surface area (Å²) >= 11 is 0. The molecule has 4 rings (SSSR count). The molecule has 0 bridgehead atoms. The maximum absolute atomic E-state index is 13.3. The molecule has 2 fully saturated rings. The molecule has 0 spiro atoms. The van der Waals surface area contributed by atoms with Crippen LogP contribution in [-0.4, -0.2) is 22.9 Å². The summed E-state index contributed by atoms with van der Waals surface area (Å²) in [7, 11) is 0. The van der Waals surface area contributed by atoms with Crippen LogP contribution < -0.4 is 10.6 Å². The van der Waals surface area contributed by atoms with Gasteiger partial charge in [-0.15, -0.1) is 0 Å². The minimum absolute atomic E-state index is 0.116. The number of carbonyl (C=O) groups is 2. The molecular weight excluding hydrogens is 420 g/mol. The van der Waals surface area contributed by atoms with Gasteiger partial charge >= 0.3 is 0 Å². The van der Waals surface area contributed by atoms with E-state index >= 15 is 0 Å². The third-order valence-electron chi connectivity index (χ3n) is 9.03. The Kier molecular flexibility index (Phi) is 7.37. The van der Waals surface area contributed by atoms with Crippen molar-refractivity contribution in [3.05, 3.63) is 24.3 Å². The molecule has 0 aliphatic heterocycles. The van der Waals surface area contributed by atoms with E-state index < -0.39 is 0 Å². The molecule has 0 heterocycles. The van der Waals surface area contributed by atoms with Gasteiger partial charge in [0.2, 0.25) is 11.8 Å². The highest BCUT2D eigenvalue weighted by Crippen LogP contribution is 2.55. The van der Waals surface area contributed by atoms with Crippen LogP contribution in [0.4, 0.5) is 0 Å². The van der Waals surface area contributed by atoms with Crippen LogP contribution in [0.2, 0.25) is 0 Å². The van der Waals surface area contributed by atoms with Crippen molar-refractivity contribution < 1.29 is 9.59 Å². The molecule has 34 heavy (non-hydrogen) atoms. The summed E-state index contributed by atoms with van der Waals surface area (Å²) in [5, 5.41) is 6.70. The summed E-state index contributed by atoms with van der Waals surface area (Å²) in [6.45, 7) is 12.9. The number of nitrogens with one attached hydrogen (secondary N) is 2. The van der Waals surface area contributed by atoms with Crippen molar-refractivity contribution >= 4 is 11.8 Å². The number of hydrogen-bond donors (Lipinski definition) is 2. The lowest BCUT2D eigenvalue weighted by Gasteiger charge is -2.55. The normalized spacial score (nSPS) is 39.5. The second kappa shape index (κ2) is 9.82. The van der Waals surface area contributed by atoms with E-state index in [0.29, 0.717) is 35.5 Å². The zero-order valence-electron chi connectivity index (χ0n) is 22.4. The van der Waals surface area contributed by atoms with Gasteiger partial charge in [0.05, 0.1) is 0 Å². The highest BCUT2D eigenvalue weighted by Gasteiger charge is 2.55. The molecule has 4 aliphatic carbocycles. The quantitative estimate of drug-likeness (QED) is 0.484. The van der Waals surface area contributed by atoms with Crippen molar-refractivity contribution in [2.24, 2.45) is 47.3 Å². The Morgan fingerprint density at radius 1 is 0.853 bits per heavy atom. The predicted molar refractivity (Wildman–Crippen MR) is 139 cm³/mol. The molecule has 2 N–H and O–H groups in total. The first kappa shape index (κ1) is 25.5. The summed E-state index contributed by atoms with van der Waals surface area (Å²) in [6.07, 6.45) is 18.3. The Morgan fingerprint density at radius 3 is 2.32 bits per heavy atom. The molecule has 190 valence electrons. The standard InChI is InChI=1S/C30H48N2O2/c1-19-24-20(14-10-9-13-17-23(24)25(19)27(33)31-29(2,3)4)18-30(5,6)32-28(34)26-21-15-11-7-8-12-16-22(21)26/h9-11,15,19-26H,7-8,12-14,16-18H2,1-6H3,(H,31,33)(H,32,34)/b10-9+,15-11+. The van der Waals surface area contributed by atoms with E-state index in [4.69, 9.17) is 0 Å². The fraction of sp³-hybridized carbons (Fsp3) is 0.800. The van der Waals surface area contributed by atoms with Crippen LogP contribution in [0.5, 0.6) is 0 Å². The van der Waals surface area contributed by atoms with E-state index in [1.54, 1.807) is 0 Å². The van der Waals surface area contributed by atoms with Crippen molar-refractivity contribution in [2.45, 2.75) is 104 Å². The molecule has 0 aromatic heterocycles. The van der Waals surface area contributed by atoms with Crippen molar-refractivity contribution in [1.82, 2.24) is 10.6 Å². The number of allylic oxidation sites excluding steroid dienone is 4. The third kappa shape index (κ3) is 5.62. The smallest absolute Gasteiger partial charge is 0.224 e. The van der Waals surface area contributed by atoms with Gasteiger partial charge in [-0.2, -0.15) is 0 Å². The monoisotopic (exact) mass is 468 g/mol. The Morgan fingerprint density at radius 2 is 1.59 bits per heavy atom. The molecule has 2 amide bonds. The molecule has 4 heteroatoms. The molecule has 4 aliphatic rings. The fourth-order valence-electron chi connectivity index (χ4n) is 7.63. The predicted octanol–water partition coefficient (Wildman–Crippen LogP) is 6.03. The van der Waals surface area contributed by atoms with Gasteiger partial charge in [-0.1, -0.05) is 37.6 Å². The average molecular weight is 469 g/mol. The molecule has 0 saturated heterocycles. The van der Waals surface area contributed by atoms with E-state index in [9.17, 15) is 9.59 Å². The lowest BCUT2D eigenvalue weighted by atomic mass is 9.50. The van der Waals surface area contributed by atoms with Gasteiger partial charge in [-0.3, -0.25) is 9.59 Å². The second-order valence-corrected chi connectivity index (χ2v) is 13.5. The number of fused-ring (bicyclic) bond motifs is 2. The topological polar surface area (TPSA) is 58.2 Å². The third-order valence-corrected chi connectivity index (χ3v) is 9.03. The molecule has 8 atom stereocenters. The molecule has 0 aromatic rings. The first-order chi connectivity index (χ1) is 16.0. The van der Waals surface area contributed by atoms with Gasteiger partial charge in [-0.05, 0) is 115 Å². The van der Waals surface area contributed by atoms with Gasteiger partial charge in [0.1, 0.15) is 0 Å². The molecule has 0 aromatic carbocycles. The van der Waals surface area contributed by atoms with Crippen LogP contribution >= 0.6 is 0 Å². The van der Waals surface area contributed by atoms with Crippen LogP contribution in [-0.2, 0) is 9.59 Å². The highest BCUT2D eigenvalue weighted by molar-refractivity contribution is 5.83. The SMILES string of the molecule is CC1C(C(=O)NC(C)(C)C)C2CC/C=C/CC(CC(C)(C)NC(=O)C3C4/C=C/CCCCC43)C12. The van der Waals surface area contributed by atoms with Gasteiger partial charge < -0.3 is 10.6 Å². The largest absolute Gasteiger partial charge is 0.351 e. The summed E-state index contributed by atoms with van der Waals surface area (Å²) < 4.78 is 0. The maximum atomic E-state index is 13.3. The summed E-state index contributed by atoms with van der Waals surface area (Å²) in [4.78, 5) is 26.4. The Hall–Kier alpha value is -1.58. The lowest BCUT2D eigenvalue weighted by Crippen LogP contribution is -2.59. The van der Waals surface area contributed by atoms with Crippen molar-refractivity contribution in [3.8, 4) is 0 Å². The van der Waals surface area contributed by atoms with Crippen molar-refractivity contribution in [1.29, 1.82) is 0 Å². The zero-order valence-corrected chi connectivity index (χ0v) is 22.4. The van der Waals surface area contributed by atoms with E-state index in [-0.39, 0.29) is 34.7 Å². The minimum Gasteiger partial charge on any atom is -0.351 e. The number of amides is 2. The minimum atomic E-state index is -0.237. The van der Waals surface area contributed by atoms with Crippen LogP contribution in [0.1, 0.15) is 92.9 Å². The molecule has 0 radical (unpaired) electrons. The maximum Gasteiger partial charge on any atom is 0.224 e. The summed E-state index contributed by atoms with van der Waals surface area (Å²) in [5.41, 5.74) is -0.429. The molecule has 4 nitrogen and oxygen atoms in total. The first-order valence-electron chi connectivity index (χ1n) is 13.9. The number of rotatable bonds is 5. The Labute approximate surface area is 207 Å². The van der Waals surface area contributed by atoms with Crippen LogP contribution in [0, 0.1) is 47.3 Å². The van der Waals surface area contributed by atoms with E-state index in [1.165, 1.54) is 19.3 Å². The lowest BCUT2D eigenvalue weighted by molar-refractivity contribution is -0.146. The van der Waals surface area contributed by atoms with E-state index in [2.05, 4.69) is 76.5 Å². The zero-order chi connectivity index (χ0) is 24.7. The van der Waals surface area contributed by atoms with E-state index in [1.807, 2.05) is 0 Å². The molecular formula is C30H48N2O2. The fourth-order valence-corrected chi connectivity index (χ4v) is 7.63. The van der Waals surface area contributed by atoms with Gasteiger partial charge in [0, 0.05) is 22.9 Å². The highest BCUT2D eigenvalue weighted by atomic mass is 16.2. The average Bonchev–Trinajstić information content (AvgIpc) is 3.33. The van der Waals surface area contributed by atoms with Crippen LogP contribution in [0.15, 0.2) is 24.3 Å². The first-order valence-corrected chi connectivity index (χ1v) is 13.9. The second-order valence-electron chi connectivity index (χ2n) is 13.5. The van der Waals surface area contributed by atoms with Crippen molar-refractivity contribution in [3.63, 3.8) is 0 Å². The van der Waals surface area contributed by atoms with Crippen LogP contribution in [0.3, 0.4) is 0 Å². The number of carbonyl (C=O) groups excluding carboxylic acids is 2. The van der Waals surface area contributed by atoms with Crippen molar-refractivity contribution in [2.75, 3.05) is 0 Å². The van der Waals surface area contributed by atoms with Gasteiger partial charge in [0.25, 0.3) is 0 Å².